The highest BCUT2D eigenvalue weighted by Gasteiger charge is 2.32. The van der Waals surface area contributed by atoms with Crippen LogP contribution in [0.4, 0.5) is 5.13 Å². The maximum atomic E-state index is 13.2. The zero-order valence-electron chi connectivity index (χ0n) is 18.1. The molecular formula is C22H26N4O5S2. The van der Waals surface area contributed by atoms with Gasteiger partial charge in [-0.3, -0.25) is 9.59 Å². The number of carbonyl (C=O) groups is 1. The number of amides is 1. The normalized spacial score (nSPS) is 18.6. The summed E-state index contributed by atoms with van der Waals surface area (Å²) in [5.41, 5.74) is -0.530. The van der Waals surface area contributed by atoms with E-state index in [2.05, 4.69) is 10.3 Å². The maximum Gasteiger partial charge on any atom is 0.252 e. The lowest BCUT2D eigenvalue weighted by molar-refractivity contribution is -0.120. The van der Waals surface area contributed by atoms with Crippen molar-refractivity contribution in [1.82, 2.24) is 9.55 Å². The van der Waals surface area contributed by atoms with E-state index in [1.165, 1.54) is 23.0 Å². The zero-order valence-corrected chi connectivity index (χ0v) is 19.7. The number of hydrogen-bond donors (Lipinski definition) is 1. The molecule has 1 unspecified atom stereocenters. The van der Waals surface area contributed by atoms with Gasteiger partial charge in [-0.15, -0.1) is 0 Å². The monoisotopic (exact) mass is 490 g/mol. The van der Waals surface area contributed by atoms with Crippen LogP contribution in [0.3, 0.4) is 0 Å². The third-order valence-electron chi connectivity index (χ3n) is 6.37. The number of aromatic nitrogens is 2. The number of thiazole rings is 1. The lowest BCUT2D eigenvalue weighted by Crippen LogP contribution is -2.35. The molecule has 0 bridgehead atoms. The average Bonchev–Trinajstić information content (AvgIpc) is 3.51. The lowest BCUT2D eigenvalue weighted by Gasteiger charge is -2.27. The number of nitrogens with one attached hydrogen (secondary N) is 1. The first-order chi connectivity index (χ1) is 15.9. The van der Waals surface area contributed by atoms with Gasteiger partial charge in [-0.2, -0.15) is 5.26 Å². The van der Waals surface area contributed by atoms with E-state index in [0.29, 0.717) is 37.4 Å². The topological polar surface area (TPSA) is 131 Å². The summed E-state index contributed by atoms with van der Waals surface area (Å²) in [6.45, 7) is 1.20. The van der Waals surface area contributed by atoms with Gasteiger partial charge in [0, 0.05) is 25.5 Å². The molecule has 2 aromatic rings. The number of pyridine rings is 1. The Kier molecular flexibility index (Phi) is 7.26. The van der Waals surface area contributed by atoms with Gasteiger partial charge in [-0.05, 0) is 44.1 Å². The van der Waals surface area contributed by atoms with Crippen LogP contribution < -0.4 is 10.9 Å². The predicted octanol–water partition coefficient (Wildman–Crippen LogP) is 2.89. The Morgan fingerprint density at radius 1 is 1.30 bits per heavy atom. The Morgan fingerprint density at radius 3 is 2.67 bits per heavy atom. The summed E-state index contributed by atoms with van der Waals surface area (Å²) in [4.78, 5) is 30.6. The molecule has 2 aromatic heterocycles. The van der Waals surface area contributed by atoms with Crippen LogP contribution in [0.1, 0.15) is 55.9 Å². The number of nitrogens with zero attached hydrogens (tertiary/aromatic N) is 3. The zero-order chi connectivity index (χ0) is 23.4. The van der Waals surface area contributed by atoms with Crippen molar-refractivity contribution in [3.8, 4) is 6.07 Å². The fourth-order valence-corrected chi connectivity index (χ4v) is 6.99. The number of hydrogen-bond acceptors (Lipinski definition) is 8. The number of ether oxygens (including phenoxy) is 1. The second kappa shape index (κ2) is 10.2. The number of sulfone groups is 1. The predicted molar refractivity (Wildman–Crippen MR) is 123 cm³/mol. The van der Waals surface area contributed by atoms with Crippen LogP contribution in [0.15, 0.2) is 34.2 Å². The molecule has 1 saturated heterocycles. The molecule has 1 aliphatic heterocycles. The molecule has 1 N–H and O–H groups in total. The Morgan fingerprint density at radius 2 is 2.03 bits per heavy atom. The van der Waals surface area contributed by atoms with Gasteiger partial charge in [0.2, 0.25) is 5.91 Å². The molecule has 176 valence electrons. The summed E-state index contributed by atoms with van der Waals surface area (Å²) in [6.07, 6.45) is 7.73. The van der Waals surface area contributed by atoms with Gasteiger partial charge in [-0.1, -0.05) is 24.2 Å². The van der Waals surface area contributed by atoms with E-state index in [1.807, 2.05) is 6.07 Å². The largest absolute Gasteiger partial charge is 0.381 e. The van der Waals surface area contributed by atoms with E-state index in [9.17, 15) is 18.0 Å². The summed E-state index contributed by atoms with van der Waals surface area (Å²) in [7, 11) is -3.57. The molecule has 1 amide bonds. The van der Waals surface area contributed by atoms with Gasteiger partial charge in [0.05, 0.1) is 16.3 Å². The molecule has 0 spiro atoms. The number of anilines is 1. The van der Waals surface area contributed by atoms with E-state index in [1.54, 1.807) is 0 Å². The summed E-state index contributed by atoms with van der Waals surface area (Å²) in [5.74, 6) is -0.233. The van der Waals surface area contributed by atoms with E-state index in [-0.39, 0.29) is 15.9 Å². The molecular weight excluding hydrogens is 464 g/mol. The number of nitriles is 1. The minimum Gasteiger partial charge on any atom is -0.381 e. The van der Waals surface area contributed by atoms with Crippen molar-refractivity contribution in [2.24, 2.45) is 5.92 Å². The van der Waals surface area contributed by atoms with Gasteiger partial charge < -0.3 is 14.6 Å². The summed E-state index contributed by atoms with van der Waals surface area (Å²) >= 11 is 1.05. The molecule has 9 nitrogen and oxygen atoms in total. The maximum absolute atomic E-state index is 13.2. The van der Waals surface area contributed by atoms with E-state index < -0.39 is 32.6 Å². The quantitative estimate of drug-likeness (QED) is 0.631. The Bertz CT molecular complexity index is 1200. The van der Waals surface area contributed by atoms with Crippen LogP contribution >= 0.6 is 11.3 Å². The molecule has 3 heterocycles. The molecule has 1 saturated carbocycles. The second-order valence-electron chi connectivity index (χ2n) is 8.50. The van der Waals surface area contributed by atoms with E-state index in [0.717, 1.165) is 43.1 Å². The Balaban J connectivity index is 1.62. The van der Waals surface area contributed by atoms with Gasteiger partial charge in [-0.25, -0.2) is 13.4 Å². The first-order valence-electron chi connectivity index (χ1n) is 11.1. The van der Waals surface area contributed by atoms with Crippen molar-refractivity contribution in [2.45, 2.75) is 61.1 Å². The van der Waals surface area contributed by atoms with Gasteiger partial charge in [0.1, 0.15) is 17.0 Å². The molecule has 1 aliphatic carbocycles. The summed E-state index contributed by atoms with van der Waals surface area (Å²) < 4.78 is 32.5. The minimum absolute atomic E-state index is 0.0134. The van der Waals surface area contributed by atoms with Crippen molar-refractivity contribution >= 4 is 32.2 Å². The number of carbonyl (C=O) groups excluding carboxylic acids is 1. The molecule has 2 aliphatic rings. The third-order valence-corrected chi connectivity index (χ3v) is 9.45. The van der Waals surface area contributed by atoms with Crippen molar-refractivity contribution in [1.29, 1.82) is 5.26 Å². The molecule has 0 aromatic carbocycles. The second-order valence-corrected chi connectivity index (χ2v) is 11.8. The molecule has 11 heteroatoms. The van der Waals surface area contributed by atoms with Crippen molar-refractivity contribution in [3.63, 3.8) is 0 Å². The average molecular weight is 491 g/mol. The highest BCUT2D eigenvalue weighted by Crippen LogP contribution is 2.30. The first-order valence-corrected chi connectivity index (χ1v) is 13.5. The summed E-state index contributed by atoms with van der Waals surface area (Å²) in [6, 6.07) is 3.70. The van der Waals surface area contributed by atoms with Gasteiger partial charge >= 0.3 is 0 Å². The van der Waals surface area contributed by atoms with E-state index >= 15 is 0 Å². The molecule has 1 atom stereocenters. The van der Waals surface area contributed by atoms with Crippen molar-refractivity contribution < 1.29 is 17.9 Å². The van der Waals surface area contributed by atoms with Crippen LogP contribution in [-0.2, 0) is 19.4 Å². The van der Waals surface area contributed by atoms with Crippen LogP contribution in [0.25, 0.3) is 0 Å². The van der Waals surface area contributed by atoms with Crippen LogP contribution in [0.5, 0.6) is 0 Å². The minimum atomic E-state index is -3.57. The molecule has 4 rings (SSSR count). The highest BCUT2D eigenvalue weighted by molar-refractivity contribution is 7.92. The number of rotatable bonds is 7. The van der Waals surface area contributed by atoms with Crippen molar-refractivity contribution in [2.75, 3.05) is 18.5 Å². The van der Waals surface area contributed by atoms with Crippen LogP contribution in [-0.4, -0.2) is 42.3 Å². The van der Waals surface area contributed by atoms with Gasteiger partial charge in [0.15, 0.2) is 15.0 Å². The molecule has 0 radical (unpaired) electrons. The molecule has 33 heavy (non-hydrogen) atoms. The van der Waals surface area contributed by atoms with Gasteiger partial charge in [0.25, 0.3) is 5.56 Å². The van der Waals surface area contributed by atoms with Crippen LogP contribution in [0.2, 0.25) is 0 Å². The first kappa shape index (κ1) is 23.6. The Hall–Kier alpha value is -2.55. The third kappa shape index (κ3) is 5.34. The summed E-state index contributed by atoms with van der Waals surface area (Å²) in [5, 5.41) is 11.5. The van der Waals surface area contributed by atoms with E-state index in [4.69, 9.17) is 10.00 Å². The standard InChI is InChI=1S/C22H26N4O5S2/c23-13-16-14-24-22(32-16)25-21(28)19(11-15-6-9-31-10-7-15)26-8-5-18(12-20(26)27)33(29,30)17-3-1-2-4-17/h5,8,12,14-15,17,19H,1-4,6-7,9-11H2,(H,24,25,28). The SMILES string of the molecule is N#Cc1cnc(NC(=O)C(CC2CCOCC2)n2ccc(S(=O)(=O)C3CCCC3)cc2=O)s1. The van der Waals surface area contributed by atoms with Crippen molar-refractivity contribution in [3.05, 3.63) is 39.8 Å². The molecule has 2 fully saturated rings. The highest BCUT2D eigenvalue weighted by atomic mass is 32.2. The smallest absolute Gasteiger partial charge is 0.252 e. The fraction of sp³-hybridized carbons (Fsp3) is 0.545. The fourth-order valence-electron chi connectivity index (χ4n) is 4.51. The lowest BCUT2D eigenvalue weighted by atomic mass is 9.92. The van der Waals surface area contributed by atoms with Crippen LogP contribution in [0, 0.1) is 17.2 Å². The Labute approximate surface area is 196 Å².